The summed E-state index contributed by atoms with van der Waals surface area (Å²) in [5, 5.41) is 7.70. The molecule has 2 fully saturated rings. The average molecular weight is 481 g/mol. The summed E-state index contributed by atoms with van der Waals surface area (Å²) in [6.07, 6.45) is 6.99. The Bertz CT molecular complexity index is 1310. The number of amides is 1. The average Bonchev–Trinajstić information content (AvgIpc) is 3.59. The molecular weight excluding hydrogens is 454 g/mol. The van der Waals surface area contributed by atoms with Crippen LogP contribution in [0.5, 0.6) is 0 Å². The molecule has 1 saturated carbocycles. The molecule has 1 saturated heterocycles. The number of rotatable bonds is 4. The van der Waals surface area contributed by atoms with Crippen molar-refractivity contribution in [3.05, 3.63) is 59.3 Å². The van der Waals surface area contributed by atoms with E-state index in [4.69, 9.17) is 9.72 Å². The second kappa shape index (κ2) is 8.37. The van der Waals surface area contributed by atoms with E-state index in [1.807, 2.05) is 24.0 Å². The molecule has 3 aliphatic rings. The highest BCUT2D eigenvalue weighted by molar-refractivity contribution is 6.02. The van der Waals surface area contributed by atoms with Gasteiger partial charge in [-0.2, -0.15) is 5.10 Å². The molecule has 1 N–H and O–H groups in total. The Morgan fingerprint density at radius 3 is 2.71 bits per heavy atom. The van der Waals surface area contributed by atoms with E-state index >= 15 is 0 Å². The van der Waals surface area contributed by atoms with Crippen LogP contribution in [0.1, 0.15) is 72.5 Å². The minimum Gasteiger partial charge on any atom is -0.373 e. The Morgan fingerprint density at radius 2 is 1.94 bits per heavy atom. The fourth-order valence-electron chi connectivity index (χ4n) is 4.80. The third-order valence-corrected chi connectivity index (χ3v) is 7.13. The van der Waals surface area contributed by atoms with Crippen molar-refractivity contribution in [3.63, 3.8) is 0 Å². The van der Waals surface area contributed by atoms with E-state index in [2.05, 4.69) is 15.4 Å². The van der Waals surface area contributed by atoms with Gasteiger partial charge in [0, 0.05) is 43.0 Å². The van der Waals surface area contributed by atoms with Crippen molar-refractivity contribution in [3.8, 4) is 11.3 Å². The molecule has 0 bridgehead atoms. The number of fused-ring (bicyclic) bond motifs is 1. The summed E-state index contributed by atoms with van der Waals surface area (Å²) in [7, 11) is 1.69. The number of ether oxygens (including phenoxy) is 1. The van der Waals surface area contributed by atoms with Crippen LogP contribution in [-0.2, 0) is 4.74 Å². The molecule has 10 heteroatoms. The minimum absolute atomic E-state index is 0.0944. The lowest BCUT2D eigenvalue weighted by Crippen LogP contribution is -2.45. The maximum absolute atomic E-state index is 14.9. The van der Waals surface area contributed by atoms with Crippen LogP contribution in [0.2, 0.25) is 0 Å². The number of benzene rings is 1. The van der Waals surface area contributed by atoms with Crippen molar-refractivity contribution in [2.45, 2.75) is 56.8 Å². The third-order valence-electron chi connectivity index (χ3n) is 7.13. The molecule has 1 aliphatic carbocycles. The van der Waals surface area contributed by atoms with Crippen molar-refractivity contribution in [1.82, 2.24) is 24.6 Å². The summed E-state index contributed by atoms with van der Waals surface area (Å²) in [5.41, 5.74) is 1.96. The fraction of sp³-hybridized carbons (Fsp3) is 0.440. The highest BCUT2D eigenvalue weighted by Crippen LogP contribution is 2.41. The van der Waals surface area contributed by atoms with Crippen LogP contribution in [0, 0.1) is 11.6 Å². The molecule has 1 unspecified atom stereocenters. The Labute approximate surface area is 201 Å². The number of hydrogen-bond acceptors (Lipinski definition) is 6. The zero-order valence-corrected chi connectivity index (χ0v) is 19.5. The van der Waals surface area contributed by atoms with Crippen LogP contribution in [0.15, 0.2) is 30.6 Å². The van der Waals surface area contributed by atoms with Gasteiger partial charge in [-0.05, 0) is 44.7 Å². The lowest BCUT2D eigenvalue weighted by molar-refractivity contribution is 0.00389. The quantitative estimate of drug-likeness (QED) is 0.595. The molecule has 0 radical (unpaired) electrons. The summed E-state index contributed by atoms with van der Waals surface area (Å²) < 4.78 is 36.5. The molecule has 2 aromatic heterocycles. The topological polar surface area (TPSA) is 85.2 Å². The molecule has 2 aliphatic heterocycles. The van der Waals surface area contributed by atoms with Crippen LogP contribution >= 0.6 is 0 Å². The maximum atomic E-state index is 14.9. The Morgan fingerprint density at radius 1 is 1.14 bits per heavy atom. The predicted molar refractivity (Wildman–Crippen MR) is 124 cm³/mol. The molecule has 182 valence electrons. The molecule has 8 nitrogen and oxygen atoms in total. The van der Waals surface area contributed by atoms with Crippen LogP contribution in [-0.4, -0.2) is 50.4 Å². The summed E-state index contributed by atoms with van der Waals surface area (Å²) in [4.78, 5) is 24.1. The maximum Gasteiger partial charge on any atom is 0.276 e. The Kier molecular flexibility index (Phi) is 5.28. The van der Waals surface area contributed by atoms with E-state index in [1.165, 1.54) is 12.1 Å². The summed E-state index contributed by atoms with van der Waals surface area (Å²) in [6, 6.07) is 3.85. The first-order chi connectivity index (χ1) is 16.9. The van der Waals surface area contributed by atoms with E-state index < -0.39 is 11.6 Å². The molecule has 3 aromatic rings. The molecule has 4 heterocycles. The molecule has 1 amide bonds. The van der Waals surface area contributed by atoms with Crippen molar-refractivity contribution in [2.24, 2.45) is 0 Å². The second-order valence-electron chi connectivity index (χ2n) is 9.58. The normalized spacial score (nSPS) is 24.3. The molecule has 35 heavy (non-hydrogen) atoms. The Hall–Kier alpha value is -3.40. The third kappa shape index (κ3) is 3.95. The van der Waals surface area contributed by atoms with Gasteiger partial charge in [0.15, 0.2) is 5.69 Å². The fourth-order valence-corrected chi connectivity index (χ4v) is 4.80. The van der Waals surface area contributed by atoms with E-state index in [-0.39, 0.29) is 41.0 Å². The number of halogens is 2. The molecule has 6 rings (SSSR count). The molecule has 3 atom stereocenters. The van der Waals surface area contributed by atoms with Gasteiger partial charge in [0.1, 0.15) is 23.2 Å². The van der Waals surface area contributed by atoms with E-state index in [9.17, 15) is 13.6 Å². The van der Waals surface area contributed by atoms with Crippen LogP contribution in [0.25, 0.3) is 11.3 Å². The number of carbonyl (C=O) groups excluding carboxylic acids is 1. The monoisotopic (exact) mass is 480 g/mol. The zero-order chi connectivity index (χ0) is 24.3. The van der Waals surface area contributed by atoms with Crippen molar-refractivity contribution < 1.29 is 18.3 Å². The van der Waals surface area contributed by atoms with E-state index in [0.717, 1.165) is 24.5 Å². The molecular formula is C25H26F2N6O2. The highest BCUT2D eigenvalue weighted by Gasteiger charge is 2.35. The van der Waals surface area contributed by atoms with Gasteiger partial charge in [-0.25, -0.2) is 18.7 Å². The minimum atomic E-state index is -0.741. The van der Waals surface area contributed by atoms with Crippen LogP contribution in [0.4, 0.5) is 14.5 Å². The van der Waals surface area contributed by atoms with Gasteiger partial charge in [0.05, 0.1) is 30.2 Å². The van der Waals surface area contributed by atoms with Crippen LogP contribution < -0.4 is 5.32 Å². The summed E-state index contributed by atoms with van der Waals surface area (Å²) in [5.74, 6) is -1.32. The number of aromatic nitrogens is 4. The zero-order valence-electron chi connectivity index (χ0n) is 19.5. The van der Waals surface area contributed by atoms with Crippen molar-refractivity contribution >= 4 is 11.6 Å². The standard InChI is InChI=1S/C25H26F2N6O2/c1-13-29-22-21(18-6-3-16(26)10-19(18)27)30-24(31-23(22)25(34)32(13)2)14-7-8-35-20(9-14)15-11-28-33(12-15)17-4-5-17/h3,6,10-14,17,20,29H,4-5,7-9H2,1-2H3/t13?,14-,20-/m1/s1. The van der Waals surface area contributed by atoms with E-state index in [1.54, 1.807) is 11.9 Å². The van der Waals surface area contributed by atoms with Gasteiger partial charge >= 0.3 is 0 Å². The van der Waals surface area contributed by atoms with Gasteiger partial charge in [-0.15, -0.1) is 0 Å². The Balaban J connectivity index is 1.40. The first kappa shape index (κ1) is 22.1. The number of carbonyl (C=O) groups is 1. The first-order valence-corrected chi connectivity index (χ1v) is 12.0. The van der Waals surface area contributed by atoms with Gasteiger partial charge in [-0.1, -0.05) is 0 Å². The van der Waals surface area contributed by atoms with Crippen molar-refractivity contribution in [2.75, 3.05) is 19.0 Å². The number of nitrogens with one attached hydrogen (secondary N) is 1. The second-order valence-corrected chi connectivity index (χ2v) is 9.58. The predicted octanol–water partition coefficient (Wildman–Crippen LogP) is 4.43. The molecule has 0 spiro atoms. The summed E-state index contributed by atoms with van der Waals surface area (Å²) in [6.45, 7) is 2.33. The van der Waals surface area contributed by atoms with Gasteiger partial charge in [-0.3, -0.25) is 9.48 Å². The van der Waals surface area contributed by atoms with Crippen molar-refractivity contribution in [1.29, 1.82) is 0 Å². The lowest BCUT2D eigenvalue weighted by Gasteiger charge is -2.34. The smallest absolute Gasteiger partial charge is 0.276 e. The lowest BCUT2D eigenvalue weighted by atomic mass is 9.91. The number of nitrogens with zero attached hydrogens (tertiary/aromatic N) is 5. The van der Waals surface area contributed by atoms with Gasteiger partial charge < -0.3 is 15.0 Å². The summed E-state index contributed by atoms with van der Waals surface area (Å²) >= 11 is 0. The van der Waals surface area contributed by atoms with E-state index in [0.29, 0.717) is 37.0 Å². The number of anilines is 1. The van der Waals surface area contributed by atoms with Gasteiger partial charge in [0.2, 0.25) is 0 Å². The molecule has 1 aromatic carbocycles. The highest BCUT2D eigenvalue weighted by atomic mass is 19.1. The van der Waals surface area contributed by atoms with Gasteiger partial charge in [0.25, 0.3) is 5.91 Å². The SMILES string of the molecule is CC1Nc2c(nc([C@@H]3CCO[C@@H](c4cnn(C5CC5)c4)C3)nc2-c2ccc(F)cc2F)C(=O)N1C. The van der Waals surface area contributed by atoms with Crippen LogP contribution in [0.3, 0.4) is 0 Å². The largest absolute Gasteiger partial charge is 0.373 e. The number of hydrogen-bond donors (Lipinski definition) is 1. The first-order valence-electron chi connectivity index (χ1n) is 12.0.